The second-order valence-electron chi connectivity index (χ2n) is 4.66. The van der Waals surface area contributed by atoms with Crippen LogP contribution in [0.5, 0.6) is 0 Å². The normalized spacial score (nSPS) is 18.8. The lowest BCUT2D eigenvalue weighted by Crippen LogP contribution is -2.33. The summed E-state index contributed by atoms with van der Waals surface area (Å²) in [5, 5.41) is 2.87. The molecule has 1 atom stereocenters. The minimum Gasteiger partial charge on any atom is -0.398 e. The molecule has 3 nitrogen and oxygen atoms in total. The fourth-order valence-corrected chi connectivity index (χ4v) is 2.80. The van der Waals surface area contributed by atoms with Gasteiger partial charge in [0.25, 0.3) is 0 Å². The predicted octanol–water partition coefficient (Wildman–Crippen LogP) is 3.38. The molecule has 1 saturated heterocycles. The van der Waals surface area contributed by atoms with Gasteiger partial charge < -0.3 is 5.73 Å². The third-order valence-electron chi connectivity index (χ3n) is 3.48. The molecule has 2 aromatic rings. The number of halogens is 1. The lowest BCUT2D eigenvalue weighted by Gasteiger charge is -2.28. The van der Waals surface area contributed by atoms with Crippen LogP contribution in [0.25, 0.3) is 0 Å². The summed E-state index contributed by atoms with van der Waals surface area (Å²) < 4.78 is 0. The van der Waals surface area contributed by atoms with E-state index in [9.17, 15) is 0 Å². The van der Waals surface area contributed by atoms with E-state index in [2.05, 4.69) is 16.5 Å². The average Bonchev–Trinajstić information content (AvgIpc) is 2.89. The number of anilines is 2. The molecule has 3 rings (SSSR count). The molecule has 0 amide bonds. The molecule has 1 unspecified atom stereocenters. The van der Waals surface area contributed by atoms with Crippen molar-refractivity contribution in [2.75, 3.05) is 17.3 Å². The van der Waals surface area contributed by atoms with Crippen LogP contribution in [0.15, 0.2) is 48.5 Å². The van der Waals surface area contributed by atoms with E-state index in [1.165, 1.54) is 0 Å². The topological polar surface area (TPSA) is 41.3 Å². The number of hydrogen-bond acceptors (Lipinski definition) is 3. The van der Waals surface area contributed by atoms with Crippen molar-refractivity contribution >= 4 is 23.0 Å². The van der Waals surface area contributed by atoms with Crippen molar-refractivity contribution < 1.29 is 0 Å². The van der Waals surface area contributed by atoms with E-state index in [1.54, 1.807) is 0 Å². The van der Waals surface area contributed by atoms with Gasteiger partial charge in [-0.15, -0.1) is 0 Å². The van der Waals surface area contributed by atoms with Gasteiger partial charge in [0.15, 0.2) is 0 Å². The molecule has 98 valence electrons. The number of nitrogens with one attached hydrogen (secondary N) is 1. The Labute approximate surface area is 118 Å². The fourth-order valence-electron chi connectivity index (χ4n) is 2.57. The van der Waals surface area contributed by atoms with Gasteiger partial charge in [-0.1, -0.05) is 41.9 Å². The molecule has 0 aromatic heterocycles. The van der Waals surface area contributed by atoms with Gasteiger partial charge in [-0.05, 0) is 30.2 Å². The number of nitrogens with two attached hydrogens (primary N) is 1. The van der Waals surface area contributed by atoms with Crippen LogP contribution in [0.1, 0.15) is 18.0 Å². The smallest absolute Gasteiger partial charge is 0.0737 e. The van der Waals surface area contributed by atoms with E-state index >= 15 is 0 Å². The largest absolute Gasteiger partial charge is 0.398 e. The number of para-hydroxylation sites is 2. The fraction of sp³-hybridized carbons (Fsp3) is 0.200. The van der Waals surface area contributed by atoms with Crippen molar-refractivity contribution in [1.29, 1.82) is 0 Å². The first-order valence-electron chi connectivity index (χ1n) is 6.39. The van der Waals surface area contributed by atoms with Crippen molar-refractivity contribution in [2.45, 2.75) is 12.5 Å². The molecule has 1 fully saturated rings. The van der Waals surface area contributed by atoms with Crippen LogP contribution in [0, 0.1) is 0 Å². The van der Waals surface area contributed by atoms with Crippen LogP contribution >= 0.6 is 11.6 Å². The van der Waals surface area contributed by atoms with Gasteiger partial charge in [0, 0.05) is 12.2 Å². The molecule has 0 bridgehead atoms. The van der Waals surface area contributed by atoms with Gasteiger partial charge in [-0.3, -0.25) is 5.01 Å². The molecule has 1 heterocycles. The van der Waals surface area contributed by atoms with Crippen molar-refractivity contribution in [1.82, 2.24) is 5.43 Å². The highest BCUT2D eigenvalue weighted by molar-refractivity contribution is 6.33. The minimum atomic E-state index is 0.223. The standard InChI is InChI=1S/C15H16ClN3/c16-12-6-2-4-8-15(12)19-14(9-10-18-19)11-5-1-3-7-13(11)17/h1-8,14,18H,9-10,17H2. The molecule has 4 heteroatoms. The number of hydrogen-bond donors (Lipinski definition) is 2. The van der Waals surface area contributed by atoms with Gasteiger partial charge in [0.2, 0.25) is 0 Å². The highest BCUT2D eigenvalue weighted by atomic mass is 35.5. The average molecular weight is 274 g/mol. The van der Waals surface area contributed by atoms with Crippen LogP contribution < -0.4 is 16.2 Å². The molecular weight excluding hydrogens is 258 g/mol. The van der Waals surface area contributed by atoms with Crippen LogP contribution in [0.3, 0.4) is 0 Å². The lowest BCUT2D eigenvalue weighted by molar-refractivity contribution is 0.686. The first-order valence-corrected chi connectivity index (χ1v) is 6.77. The maximum atomic E-state index is 6.28. The Morgan fingerprint density at radius 2 is 1.84 bits per heavy atom. The molecule has 0 aliphatic carbocycles. The van der Waals surface area contributed by atoms with Crippen LogP contribution in [0.4, 0.5) is 11.4 Å². The predicted molar refractivity (Wildman–Crippen MR) is 80.1 cm³/mol. The summed E-state index contributed by atoms with van der Waals surface area (Å²) in [5.74, 6) is 0. The number of benzene rings is 2. The van der Waals surface area contributed by atoms with Crippen molar-refractivity contribution in [3.05, 3.63) is 59.1 Å². The van der Waals surface area contributed by atoms with Gasteiger partial charge in [0.05, 0.1) is 16.8 Å². The Kier molecular flexibility index (Phi) is 3.32. The molecule has 3 N–H and O–H groups in total. The van der Waals surface area contributed by atoms with Gasteiger partial charge in [-0.2, -0.15) is 0 Å². The number of hydrazine groups is 1. The summed E-state index contributed by atoms with van der Waals surface area (Å²) >= 11 is 6.28. The minimum absolute atomic E-state index is 0.223. The monoisotopic (exact) mass is 273 g/mol. The van der Waals surface area contributed by atoms with Gasteiger partial charge in [-0.25, -0.2) is 5.43 Å². The third-order valence-corrected chi connectivity index (χ3v) is 3.80. The molecule has 19 heavy (non-hydrogen) atoms. The molecule has 0 spiro atoms. The molecule has 0 saturated carbocycles. The van der Waals surface area contributed by atoms with E-state index in [4.69, 9.17) is 17.3 Å². The number of nitrogen functional groups attached to an aromatic ring is 1. The second kappa shape index (κ2) is 5.11. The van der Waals surface area contributed by atoms with Crippen molar-refractivity contribution in [3.63, 3.8) is 0 Å². The zero-order valence-electron chi connectivity index (χ0n) is 10.5. The number of rotatable bonds is 2. The second-order valence-corrected chi connectivity index (χ2v) is 5.07. The number of nitrogens with zero attached hydrogens (tertiary/aromatic N) is 1. The van der Waals surface area contributed by atoms with E-state index < -0.39 is 0 Å². The third kappa shape index (κ3) is 2.27. The molecule has 1 aliphatic rings. The Morgan fingerprint density at radius 1 is 1.11 bits per heavy atom. The molecule has 0 radical (unpaired) electrons. The van der Waals surface area contributed by atoms with Crippen molar-refractivity contribution in [3.8, 4) is 0 Å². The summed E-state index contributed by atoms with van der Waals surface area (Å²) in [6.45, 7) is 0.921. The maximum Gasteiger partial charge on any atom is 0.0737 e. The summed E-state index contributed by atoms with van der Waals surface area (Å²) in [6, 6.07) is 16.1. The van der Waals surface area contributed by atoms with E-state index in [1.807, 2.05) is 42.5 Å². The summed E-state index contributed by atoms with van der Waals surface area (Å²) in [4.78, 5) is 0. The quantitative estimate of drug-likeness (QED) is 0.824. The summed E-state index contributed by atoms with van der Waals surface area (Å²) in [6.07, 6.45) is 1.01. The van der Waals surface area contributed by atoms with E-state index in [-0.39, 0.29) is 6.04 Å². The zero-order chi connectivity index (χ0) is 13.2. The maximum absolute atomic E-state index is 6.28. The Morgan fingerprint density at radius 3 is 2.63 bits per heavy atom. The van der Waals surface area contributed by atoms with E-state index in [0.717, 1.165) is 34.9 Å². The summed E-state index contributed by atoms with van der Waals surface area (Å²) in [7, 11) is 0. The first-order chi connectivity index (χ1) is 9.27. The lowest BCUT2D eigenvalue weighted by atomic mass is 10.0. The van der Waals surface area contributed by atoms with Crippen molar-refractivity contribution in [2.24, 2.45) is 0 Å². The SMILES string of the molecule is Nc1ccccc1C1CCNN1c1ccccc1Cl. The van der Waals surface area contributed by atoms with Crippen LogP contribution in [-0.4, -0.2) is 6.54 Å². The Hall–Kier alpha value is -1.71. The van der Waals surface area contributed by atoms with Crippen LogP contribution in [-0.2, 0) is 0 Å². The zero-order valence-corrected chi connectivity index (χ0v) is 11.3. The molecular formula is C15H16ClN3. The summed E-state index contributed by atoms with van der Waals surface area (Å²) in [5.41, 5.74) is 12.4. The molecule has 1 aliphatic heterocycles. The highest BCUT2D eigenvalue weighted by Crippen LogP contribution is 2.37. The van der Waals surface area contributed by atoms with E-state index in [0.29, 0.717) is 0 Å². The molecule has 2 aromatic carbocycles. The Balaban J connectivity index is 1.99. The van der Waals surface area contributed by atoms with Gasteiger partial charge in [0.1, 0.15) is 0 Å². The highest BCUT2D eigenvalue weighted by Gasteiger charge is 2.28. The van der Waals surface area contributed by atoms with Gasteiger partial charge >= 0.3 is 0 Å². The first kappa shape index (κ1) is 12.3. The Bertz CT molecular complexity index is 534. The van der Waals surface area contributed by atoms with Crippen LogP contribution in [0.2, 0.25) is 5.02 Å².